The number of aryl methyl sites for hydroxylation is 1. The van der Waals surface area contributed by atoms with Gasteiger partial charge in [0.1, 0.15) is 5.82 Å². The van der Waals surface area contributed by atoms with E-state index in [4.69, 9.17) is 4.74 Å². The predicted molar refractivity (Wildman–Crippen MR) is 76.8 cm³/mol. The lowest BCUT2D eigenvalue weighted by molar-refractivity contribution is 0.0628. The molecular weight excluding hydrogens is 255 g/mol. The zero-order valence-corrected chi connectivity index (χ0v) is 11.4. The molecule has 0 saturated heterocycles. The van der Waals surface area contributed by atoms with Gasteiger partial charge < -0.3 is 4.74 Å². The van der Waals surface area contributed by atoms with E-state index in [2.05, 4.69) is 6.58 Å². The van der Waals surface area contributed by atoms with Crippen LogP contribution in [-0.4, -0.2) is 5.97 Å². The lowest BCUT2D eigenvalue weighted by Crippen LogP contribution is -2.05. The van der Waals surface area contributed by atoms with Crippen molar-refractivity contribution < 1.29 is 13.9 Å². The zero-order chi connectivity index (χ0) is 14.7. The largest absolute Gasteiger partial charge is 0.428 e. The lowest BCUT2D eigenvalue weighted by Gasteiger charge is -2.10. The molecule has 0 heterocycles. The average Bonchev–Trinajstić information content (AvgIpc) is 2.41. The van der Waals surface area contributed by atoms with Crippen LogP contribution in [0.15, 0.2) is 54.8 Å². The van der Waals surface area contributed by atoms with E-state index in [0.717, 1.165) is 0 Å². The first-order valence-corrected chi connectivity index (χ1v) is 6.22. The summed E-state index contributed by atoms with van der Waals surface area (Å²) < 4.78 is 18.7. The Bertz CT molecular complexity index is 674. The van der Waals surface area contributed by atoms with Crippen LogP contribution in [0.4, 0.5) is 4.39 Å². The van der Waals surface area contributed by atoms with Gasteiger partial charge in [0.05, 0.1) is 11.3 Å². The summed E-state index contributed by atoms with van der Waals surface area (Å²) in [7, 11) is 0. The first kappa shape index (κ1) is 14.0. The number of benzene rings is 2. The van der Waals surface area contributed by atoms with Gasteiger partial charge in [-0.15, -0.1) is 0 Å². The van der Waals surface area contributed by atoms with Crippen LogP contribution in [0.25, 0.3) is 11.1 Å². The Morgan fingerprint density at radius 3 is 2.55 bits per heavy atom. The molecule has 0 saturated carbocycles. The van der Waals surface area contributed by atoms with Crippen LogP contribution < -0.4 is 0 Å². The van der Waals surface area contributed by atoms with Crippen LogP contribution in [-0.2, 0) is 4.74 Å². The second-order valence-corrected chi connectivity index (χ2v) is 4.60. The first-order chi connectivity index (χ1) is 9.49. The summed E-state index contributed by atoms with van der Waals surface area (Å²) in [5, 5.41) is 0. The standard InChI is InChI=1S/C17H15FO2/c1-11(2)20-17(19)15-7-5-4-6-14(15)13-9-8-12(3)16(18)10-13/h4-10H,1H2,2-3H3. The molecule has 0 fully saturated rings. The number of allylic oxidation sites excluding steroid dienone is 1. The molecule has 2 rings (SSSR count). The molecule has 2 aromatic rings. The van der Waals surface area contributed by atoms with Gasteiger partial charge in [0, 0.05) is 0 Å². The van der Waals surface area contributed by atoms with Crippen LogP contribution in [0.2, 0.25) is 0 Å². The van der Waals surface area contributed by atoms with Crippen molar-refractivity contribution in [3.63, 3.8) is 0 Å². The third-order valence-electron chi connectivity index (χ3n) is 2.90. The summed E-state index contributed by atoms with van der Waals surface area (Å²) in [4.78, 5) is 12.0. The molecule has 0 aromatic heterocycles. The summed E-state index contributed by atoms with van der Waals surface area (Å²) in [6, 6.07) is 11.8. The minimum atomic E-state index is -0.492. The topological polar surface area (TPSA) is 26.3 Å². The van der Waals surface area contributed by atoms with Crippen LogP contribution in [0.5, 0.6) is 0 Å². The van der Waals surface area contributed by atoms with Gasteiger partial charge in [0.25, 0.3) is 0 Å². The molecule has 0 radical (unpaired) electrons. The van der Waals surface area contributed by atoms with E-state index < -0.39 is 5.97 Å². The van der Waals surface area contributed by atoms with Crippen molar-refractivity contribution in [3.8, 4) is 11.1 Å². The summed E-state index contributed by atoms with van der Waals surface area (Å²) >= 11 is 0. The van der Waals surface area contributed by atoms with Crippen molar-refractivity contribution in [2.24, 2.45) is 0 Å². The number of halogens is 1. The molecule has 0 unspecified atom stereocenters. The minimum Gasteiger partial charge on any atom is -0.428 e. The van der Waals surface area contributed by atoms with Gasteiger partial charge in [-0.2, -0.15) is 0 Å². The molecule has 2 nitrogen and oxygen atoms in total. The molecule has 0 amide bonds. The average molecular weight is 270 g/mol. The van der Waals surface area contributed by atoms with Crippen LogP contribution >= 0.6 is 0 Å². The van der Waals surface area contributed by atoms with Gasteiger partial charge in [-0.05, 0) is 42.7 Å². The molecular formula is C17H15FO2. The minimum absolute atomic E-state index is 0.300. The van der Waals surface area contributed by atoms with E-state index >= 15 is 0 Å². The Kier molecular flexibility index (Phi) is 3.99. The van der Waals surface area contributed by atoms with Crippen molar-refractivity contribution in [3.05, 3.63) is 71.7 Å². The van der Waals surface area contributed by atoms with E-state index in [9.17, 15) is 9.18 Å². The fourth-order valence-corrected chi connectivity index (χ4v) is 1.89. The maximum Gasteiger partial charge on any atom is 0.343 e. The second kappa shape index (κ2) is 5.70. The van der Waals surface area contributed by atoms with Crippen molar-refractivity contribution in [1.82, 2.24) is 0 Å². The molecule has 20 heavy (non-hydrogen) atoms. The molecule has 0 aliphatic heterocycles. The Morgan fingerprint density at radius 1 is 1.20 bits per heavy atom. The van der Waals surface area contributed by atoms with E-state index in [1.54, 1.807) is 50.2 Å². The molecule has 0 N–H and O–H groups in total. The van der Waals surface area contributed by atoms with Crippen molar-refractivity contribution in [1.29, 1.82) is 0 Å². The van der Waals surface area contributed by atoms with Gasteiger partial charge in [0.2, 0.25) is 0 Å². The van der Waals surface area contributed by atoms with Gasteiger partial charge in [-0.3, -0.25) is 0 Å². The fourth-order valence-electron chi connectivity index (χ4n) is 1.89. The molecule has 0 atom stereocenters. The highest BCUT2D eigenvalue weighted by atomic mass is 19.1. The molecule has 2 aromatic carbocycles. The third kappa shape index (κ3) is 2.94. The Hall–Kier alpha value is -2.42. The third-order valence-corrected chi connectivity index (χ3v) is 2.90. The van der Waals surface area contributed by atoms with E-state index in [1.165, 1.54) is 6.07 Å². The van der Waals surface area contributed by atoms with E-state index in [1.807, 2.05) is 0 Å². The smallest absolute Gasteiger partial charge is 0.343 e. The molecule has 0 bridgehead atoms. The van der Waals surface area contributed by atoms with Crippen LogP contribution in [0.1, 0.15) is 22.8 Å². The Labute approximate surface area is 117 Å². The summed E-state index contributed by atoms with van der Waals surface area (Å²) in [6.07, 6.45) is 0. The number of rotatable bonds is 3. The van der Waals surface area contributed by atoms with E-state index in [-0.39, 0.29) is 5.82 Å². The van der Waals surface area contributed by atoms with Crippen LogP contribution in [0, 0.1) is 12.7 Å². The number of carbonyl (C=O) groups excluding carboxylic acids is 1. The van der Waals surface area contributed by atoms with Crippen molar-refractivity contribution >= 4 is 5.97 Å². The number of ether oxygens (including phenoxy) is 1. The lowest BCUT2D eigenvalue weighted by atomic mass is 9.98. The van der Waals surface area contributed by atoms with Crippen LogP contribution in [0.3, 0.4) is 0 Å². The summed E-state index contributed by atoms with van der Waals surface area (Å²) in [5.74, 6) is -0.473. The second-order valence-electron chi connectivity index (χ2n) is 4.60. The molecule has 102 valence electrons. The molecule has 3 heteroatoms. The van der Waals surface area contributed by atoms with Gasteiger partial charge in [0.15, 0.2) is 0 Å². The normalized spacial score (nSPS) is 10.2. The molecule has 0 aliphatic carbocycles. The monoisotopic (exact) mass is 270 g/mol. The predicted octanol–water partition coefficient (Wildman–Crippen LogP) is 4.49. The quantitative estimate of drug-likeness (QED) is 0.606. The highest BCUT2D eigenvalue weighted by molar-refractivity contribution is 5.97. The van der Waals surface area contributed by atoms with E-state index in [0.29, 0.717) is 28.0 Å². The van der Waals surface area contributed by atoms with Gasteiger partial charge in [-0.1, -0.05) is 36.9 Å². The summed E-state index contributed by atoms with van der Waals surface area (Å²) in [5.41, 5.74) is 2.23. The highest BCUT2D eigenvalue weighted by Crippen LogP contribution is 2.26. The Balaban J connectivity index is 2.49. The number of esters is 1. The van der Waals surface area contributed by atoms with Gasteiger partial charge >= 0.3 is 5.97 Å². The van der Waals surface area contributed by atoms with Gasteiger partial charge in [-0.25, -0.2) is 9.18 Å². The fraction of sp³-hybridized carbons (Fsp3) is 0.118. The summed E-state index contributed by atoms with van der Waals surface area (Å²) in [6.45, 7) is 6.84. The highest BCUT2D eigenvalue weighted by Gasteiger charge is 2.14. The SMILES string of the molecule is C=C(C)OC(=O)c1ccccc1-c1ccc(C)c(F)c1. The Morgan fingerprint density at radius 2 is 1.90 bits per heavy atom. The number of hydrogen-bond acceptors (Lipinski definition) is 2. The maximum absolute atomic E-state index is 13.7. The number of hydrogen-bond donors (Lipinski definition) is 0. The molecule has 0 spiro atoms. The first-order valence-electron chi connectivity index (χ1n) is 6.22. The zero-order valence-electron chi connectivity index (χ0n) is 11.4. The maximum atomic E-state index is 13.7. The van der Waals surface area contributed by atoms with Crippen molar-refractivity contribution in [2.45, 2.75) is 13.8 Å². The number of carbonyl (C=O) groups is 1. The molecule has 0 aliphatic rings. The van der Waals surface area contributed by atoms with Crippen molar-refractivity contribution in [2.75, 3.05) is 0 Å².